The molecule has 0 spiro atoms. The molecule has 1 amide bonds. The van der Waals surface area contributed by atoms with Gasteiger partial charge < -0.3 is 10.2 Å². The minimum atomic E-state index is -2.63. The minimum Gasteiger partial charge on any atom is -0.333 e. The average molecular weight is 411 g/mol. The van der Waals surface area contributed by atoms with Gasteiger partial charge in [0.1, 0.15) is 12.2 Å². The summed E-state index contributed by atoms with van der Waals surface area (Å²) in [7, 11) is 0. The Morgan fingerprint density at radius 2 is 2.04 bits per heavy atom. The molecule has 3 heterocycles. The van der Waals surface area contributed by atoms with Gasteiger partial charge >= 0.3 is 0 Å². The number of carbonyl (C=O) groups excluding carboxylic acids is 1. The second-order valence-electron chi connectivity index (χ2n) is 7.60. The third kappa shape index (κ3) is 3.65. The van der Waals surface area contributed by atoms with Crippen molar-refractivity contribution in [3.63, 3.8) is 0 Å². The molecule has 0 unspecified atom stereocenters. The van der Waals surface area contributed by atoms with Crippen LogP contribution in [0.4, 0.5) is 8.78 Å². The summed E-state index contributed by atoms with van der Waals surface area (Å²) in [6.45, 7) is 6.26. The second kappa shape index (κ2) is 8.17. The zero-order chi connectivity index (χ0) is 19.1. The monoisotopic (exact) mass is 410 g/mol. The van der Waals surface area contributed by atoms with Crippen molar-refractivity contribution in [1.29, 1.82) is 0 Å². The van der Waals surface area contributed by atoms with Crippen molar-refractivity contribution in [2.45, 2.75) is 32.9 Å². The summed E-state index contributed by atoms with van der Waals surface area (Å²) >= 11 is 0. The summed E-state index contributed by atoms with van der Waals surface area (Å²) in [6, 6.07) is 9.54. The number of alkyl halides is 2. The topological polar surface area (TPSA) is 50.2 Å². The van der Waals surface area contributed by atoms with Gasteiger partial charge in [0, 0.05) is 31.2 Å². The molecule has 0 radical (unpaired) electrons. The van der Waals surface area contributed by atoms with Crippen molar-refractivity contribution in [2.75, 3.05) is 19.6 Å². The highest BCUT2D eigenvalue weighted by molar-refractivity contribution is 5.85. The largest absolute Gasteiger partial charge is 0.333 e. The Bertz CT molecular complexity index is 856. The molecular formula is C20H25ClF2N4O. The molecule has 1 aromatic heterocycles. The Morgan fingerprint density at radius 3 is 2.71 bits per heavy atom. The molecule has 152 valence electrons. The summed E-state index contributed by atoms with van der Waals surface area (Å²) in [6.07, 6.45) is -2.63. The lowest BCUT2D eigenvalue weighted by Gasteiger charge is -2.29. The Balaban J connectivity index is 0.00000225. The van der Waals surface area contributed by atoms with Crippen LogP contribution >= 0.6 is 12.4 Å². The summed E-state index contributed by atoms with van der Waals surface area (Å²) in [4.78, 5) is 15.1. The Labute approximate surface area is 169 Å². The van der Waals surface area contributed by atoms with Gasteiger partial charge in [0.2, 0.25) is 5.91 Å². The van der Waals surface area contributed by atoms with Crippen LogP contribution in [0.5, 0.6) is 0 Å². The average Bonchev–Trinajstić information content (AvgIpc) is 3.30. The number of aryl methyl sites for hydroxylation is 2. The van der Waals surface area contributed by atoms with E-state index in [2.05, 4.69) is 29.5 Å². The molecule has 4 rings (SSSR count). The lowest BCUT2D eigenvalue weighted by atomic mass is 9.87. The number of hydrogen-bond acceptors (Lipinski definition) is 3. The van der Waals surface area contributed by atoms with E-state index in [9.17, 15) is 13.6 Å². The number of likely N-dealkylation sites (tertiary alicyclic amines) is 1. The van der Waals surface area contributed by atoms with Crippen molar-refractivity contribution < 1.29 is 13.6 Å². The van der Waals surface area contributed by atoms with Crippen molar-refractivity contribution in [2.24, 2.45) is 11.8 Å². The van der Waals surface area contributed by atoms with Gasteiger partial charge in [-0.3, -0.25) is 9.48 Å². The number of benzene rings is 1. The summed E-state index contributed by atoms with van der Waals surface area (Å²) < 4.78 is 27.2. The number of halogens is 3. The Hall–Kier alpha value is -1.99. The lowest BCUT2D eigenvalue weighted by molar-refractivity contribution is -0.133. The molecule has 8 heteroatoms. The molecule has 1 aromatic carbocycles. The van der Waals surface area contributed by atoms with Crippen LogP contribution in [0.25, 0.3) is 0 Å². The van der Waals surface area contributed by atoms with E-state index in [1.165, 1.54) is 21.9 Å². The third-order valence-corrected chi connectivity index (χ3v) is 5.90. The maximum atomic E-state index is 13.1. The zero-order valence-electron chi connectivity index (χ0n) is 15.9. The molecule has 0 saturated carbocycles. The van der Waals surface area contributed by atoms with Crippen LogP contribution in [-0.2, 0) is 11.3 Å². The van der Waals surface area contributed by atoms with E-state index in [0.717, 1.165) is 13.1 Å². The Morgan fingerprint density at radius 1 is 1.29 bits per heavy atom. The molecule has 0 aliphatic carbocycles. The summed E-state index contributed by atoms with van der Waals surface area (Å²) in [5, 5.41) is 7.35. The molecule has 2 saturated heterocycles. The second-order valence-corrected chi connectivity index (χ2v) is 7.60. The highest BCUT2D eigenvalue weighted by Gasteiger charge is 2.47. The zero-order valence-corrected chi connectivity index (χ0v) is 16.8. The number of hydrogen-bond donors (Lipinski definition) is 1. The maximum Gasteiger partial charge on any atom is 0.282 e. The molecule has 2 aromatic rings. The van der Waals surface area contributed by atoms with Crippen LogP contribution in [0.2, 0.25) is 0 Å². The van der Waals surface area contributed by atoms with Crippen molar-refractivity contribution in [1.82, 2.24) is 20.0 Å². The number of fused-ring (bicyclic) bond motifs is 1. The fourth-order valence-electron chi connectivity index (χ4n) is 4.52. The molecule has 5 nitrogen and oxygen atoms in total. The van der Waals surface area contributed by atoms with E-state index in [4.69, 9.17) is 0 Å². The standard InChI is InChI=1S/C20H24F2N4O.ClH/c1-12-5-3-4-6-15(12)19-16-9-23-8-14(16)10-25(19)18(27)11-26-13(2)7-17(24-26)20(21)22;/h3-7,14,16,19-20,23H,8-11H2,1-2H3;1H/t14-,16-,19+;/m0./s1. The number of nitrogens with one attached hydrogen (secondary N) is 1. The van der Waals surface area contributed by atoms with E-state index in [0.29, 0.717) is 24.1 Å². The van der Waals surface area contributed by atoms with E-state index in [1.807, 2.05) is 17.0 Å². The van der Waals surface area contributed by atoms with Crippen LogP contribution in [0.3, 0.4) is 0 Å². The molecule has 2 aliphatic heterocycles. The van der Waals surface area contributed by atoms with Crippen molar-refractivity contribution in [3.8, 4) is 0 Å². The van der Waals surface area contributed by atoms with E-state index in [-0.39, 0.29) is 36.6 Å². The van der Waals surface area contributed by atoms with Crippen LogP contribution in [0.1, 0.15) is 35.0 Å². The van der Waals surface area contributed by atoms with Gasteiger partial charge in [-0.25, -0.2) is 8.78 Å². The predicted molar refractivity (Wildman–Crippen MR) is 105 cm³/mol. The quantitative estimate of drug-likeness (QED) is 0.841. The number of rotatable bonds is 4. The first-order chi connectivity index (χ1) is 13.0. The normalized spacial score (nSPS) is 23.8. The first kappa shape index (κ1) is 20.7. The third-order valence-electron chi connectivity index (χ3n) is 5.90. The SMILES string of the molecule is Cc1ccccc1[C@@H]1[C@H]2CNC[C@H]2CN1C(=O)Cn1nc(C(F)F)cc1C.Cl. The van der Waals surface area contributed by atoms with Crippen molar-refractivity contribution >= 4 is 18.3 Å². The van der Waals surface area contributed by atoms with Crippen molar-refractivity contribution in [3.05, 3.63) is 52.8 Å². The molecular weight excluding hydrogens is 386 g/mol. The van der Waals surface area contributed by atoms with Crippen LogP contribution < -0.4 is 5.32 Å². The van der Waals surface area contributed by atoms with Crippen LogP contribution in [0, 0.1) is 25.7 Å². The first-order valence-electron chi connectivity index (χ1n) is 9.34. The summed E-state index contributed by atoms with van der Waals surface area (Å²) in [5.74, 6) is 0.740. The van der Waals surface area contributed by atoms with E-state index < -0.39 is 6.43 Å². The highest BCUT2D eigenvalue weighted by atomic mass is 35.5. The first-order valence-corrected chi connectivity index (χ1v) is 9.34. The molecule has 2 aliphatic rings. The lowest BCUT2D eigenvalue weighted by Crippen LogP contribution is -2.37. The molecule has 3 atom stereocenters. The fourth-order valence-corrected chi connectivity index (χ4v) is 4.52. The van der Waals surface area contributed by atoms with E-state index in [1.54, 1.807) is 6.92 Å². The van der Waals surface area contributed by atoms with Gasteiger partial charge in [-0.1, -0.05) is 24.3 Å². The number of carbonyl (C=O) groups is 1. The molecule has 28 heavy (non-hydrogen) atoms. The minimum absolute atomic E-state index is 0. The molecule has 2 fully saturated rings. The number of nitrogens with zero attached hydrogens (tertiary/aromatic N) is 3. The summed E-state index contributed by atoms with van der Waals surface area (Å²) in [5.41, 5.74) is 2.64. The van der Waals surface area contributed by atoms with Crippen LogP contribution in [-0.4, -0.2) is 40.2 Å². The fraction of sp³-hybridized carbons (Fsp3) is 0.500. The van der Waals surface area contributed by atoms with Gasteiger partial charge in [0.15, 0.2) is 0 Å². The Kier molecular flexibility index (Phi) is 6.05. The van der Waals surface area contributed by atoms with E-state index >= 15 is 0 Å². The van der Waals surface area contributed by atoms with Gasteiger partial charge in [-0.2, -0.15) is 5.10 Å². The maximum absolute atomic E-state index is 13.1. The van der Waals surface area contributed by atoms with Gasteiger partial charge in [-0.15, -0.1) is 12.4 Å². The number of amides is 1. The molecule has 1 N–H and O–H groups in total. The number of aromatic nitrogens is 2. The predicted octanol–water partition coefficient (Wildman–Crippen LogP) is 3.28. The van der Waals surface area contributed by atoms with Gasteiger partial charge in [0.25, 0.3) is 6.43 Å². The molecule has 0 bridgehead atoms. The highest BCUT2D eigenvalue weighted by Crippen LogP contribution is 2.43. The van der Waals surface area contributed by atoms with Crippen LogP contribution in [0.15, 0.2) is 30.3 Å². The smallest absolute Gasteiger partial charge is 0.282 e. The van der Waals surface area contributed by atoms with Gasteiger partial charge in [0.05, 0.1) is 6.04 Å². The van der Waals surface area contributed by atoms with Gasteiger partial charge in [-0.05, 0) is 37.0 Å².